The first-order valence-electron chi connectivity index (χ1n) is 9.52. The average Bonchev–Trinajstić information content (AvgIpc) is 3.32. The van der Waals surface area contributed by atoms with E-state index in [1.165, 1.54) is 5.56 Å². The van der Waals surface area contributed by atoms with Gasteiger partial charge in [-0.25, -0.2) is 0 Å². The Labute approximate surface area is 167 Å². The molecule has 2 aromatic carbocycles. The van der Waals surface area contributed by atoms with Crippen LogP contribution in [0.15, 0.2) is 47.3 Å². The van der Waals surface area contributed by atoms with Gasteiger partial charge in [0.15, 0.2) is 0 Å². The molecule has 3 aromatic rings. The molecule has 4 rings (SSSR count). The number of hydrogen-bond donors (Lipinski definition) is 3. The largest absolute Gasteiger partial charge is 0.496 e. The molecule has 4 N–H and O–H groups in total. The summed E-state index contributed by atoms with van der Waals surface area (Å²) in [5.74, 6) is 0.533. The number of nitrogens with two attached hydrogens (primary N) is 1. The van der Waals surface area contributed by atoms with Crippen molar-refractivity contribution in [3.05, 3.63) is 80.8 Å². The molecule has 1 aliphatic heterocycles. The third kappa shape index (κ3) is 3.76. The Morgan fingerprint density at radius 3 is 2.86 bits per heavy atom. The topological polar surface area (TPSA) is 110 Å². The van der Waals surface area contributed by atoms with E-state index in [-0.39, 0.29) is 12.0 Å². The van der Waals surface area contributed by atoms with E-state index in [1.807, 2.05) is 36.4 Å². The second kappa shape index (κ2) is 7.87. The summed E-state index contributed by atoms with van der Waals surface area (Å²) in [7, 11) is 1.56. The number of nitrogens with one attached hydrogen (secondary N) is 2. The molecule has 7 nitrogen and oxygen atoms in total. The zero-order chi connectivity index (χ0) is 20.4. The fourth-order valence-corrected chi connectivity index (χ4v) is 3.99. The SMILES string of the molecule is COc1ccccc1[C@H](CC(N)=O)c1c(Cc2ccc3c(c2)CCO3)[nH][nH]c1=O. The number of primary amides is 1. The lowest BCUT2D eigenvalue weighted by Crippen LogP contribution is -2.21. The molecule has 7 heteroatoms. The first-order chi connectivity index (χ1) is 14.1. The zero-order valence-electron chi connectivity index (χ0n) is 16.2. The molecule has 29 heavy (non-hydrogen) atoms. The van der Waals surface area contributed by atoms with Gasteiger partial charge in [-0.3, -0.25) is 14.7 Å². The third-order valence-electron chi connectivity index (χ3n) is 5.30. The monoisotopic (exact) mass is 393 g/mol. The van der Waals surface area contributed by atoms with E-state index in [4.69, 9.17) is 15.2 Å². The van der Waals surface area contributed by atoms with Gasteiger partial charge in [-0.05, 0) is 23.3 Å². The minimum Gasteiger partial charge on any atom is -0.496 e. The van der Waals surface area contributed by atoms with Gasteiger partial charge < -0.3 is 20.3 Å². The molecular formula is C22H23N3O4. The lowest BCUT2D eigenvalue weighted by Gasteiger charge is -2.18. The van der Waals surface area contributed by atoms with Crippen molar-refractivity contribution >= 4 is 5.91 Å². The molecule has 0 spiro atoms. The summed E-state index contributed by atoms with van der Waals surface area (Å²) in [6.07, 6.45) is 1.41. The van der Waals surface area contributed by atoms with E-state index in [0.29, 0.717) is 24.3 Å². The van der Waals surface area contributed by atoms with Crippen molar-refractivity contribution in [1.82, 2.24) is 10.2 Å². The predicted molar refractivity (Wildman–Crippen MR) is 109 cm³/mol. The third-order valence-corrected chi connectivity index (χ3v) is 5.30. The van der Waals surface area contributed by atoms with Crippen LogP contribution in [0.1, 0.15) is 40.3 Å². The molecule has 0 saturated heterocycles. The zero-order valence-corrected chi connectivity index (χ0v) is 16.2. The Bertz CT molecular complexity index is 1100. The van der Waals surface area contributed by atoms with Crippen molar-refractivity contribution < 1.29 is 14.3 Å². The van der Waals surface area contributed by atoms with Crippen molar-refractivity contribution in [3.63, 3.8) is 0 Å². The first-order valence-corrected chi connectivity index (χ1v) is 9.52. The number of carbonyl (C=O) groups excluding carboxylic acids is 1. The summed E-state index contributed by atoms with van der Waals surface area (Å²) in [6, 6.07) is 13.4. The Balaban J connectivity index is 1.75. The van der Waals surface area contributed by atoms with Crippen LogP contribution >= 0.6 is 0 Å². The van der Waals surface area contributed by atoms with Crippen LogP contribution in [0, 0.1) is 0 Å². The van der Waals surface area contributed by atoms with E-state index in [2.05, 4.69) is 16.3 Å². The number of aromatic nitrogens is 2. The minimum atomic E-state index is -0.508. The van der Waals surface area contributed by atoms with Crippen LogP contribution in [-0.2, 0) is 17.6 Å². The van der Waals surface area contributed by atoms with Crippen molar-refractivity contribution in [2.45, 2.75) is 25.2 Å². The highest BCUT2D eigenvalue weighted by Crippen LogP contribution is 2.35. The molecule has 2 heterocycles. The van der Waals surface area contributed by atoms with Gasteiger partial charge in [-0.2, -0.15) is 0 Å². The quantitative estimate of drug-likeness (QED) is 0.572. The Morgan fingerprint density at radius 1 is 1.24 bits per heavy atom. The summed E-state index contributed by atoms with van der Waals surface area (Å²) in [4.78, 5) is 24.5. The second-order valence-corrected chi connectivity index (χ2v) is 7.15. The fourth-order valence-electron chi connectivity index (χ4n) is 3.99. The number of para-hydroxylation sites is 1. The van der Waals surface area contributed by atoms with Crippen LogP contribution in [-0.4, -0.2) is 29.8 Å². The summed E-state index contributed by atoms with van der Waals surface area (Å²) >= 11 is 0. The highest BCUT2D eigenvalue weighted by atomic mass is 16.5. The Morgan fingerprint density at radius 2 is 2.07 bits per heavy atom. The van der Waals surface area contributed by atoms with Gasteiger partial charge in [0.25, 0.3) is 5.56 Å². The molecule has 0 fully saturated rings. The Kier molecular flexibility index (Phi) is 5.12. The van der Waals surface area contributed by atoms with Gasteiger partial charge in [0, 0.05) is 42.0 Å². The molecule has 0 aliphatic carbocycles. The van der Waals surface area contributed by atoms with Gasteiger partial charge in [-0.15, -0.1) is 0 Å². The van der Waals surface area contributed by atoms with E-state index in [1.54, 1.807) is 7.11 Å². The normalized spacial score (nSPS) is 13.6. The molecular weight excluding hydrogens is 370 g/mol. The lowest BCUT2D eigenvalue weighted by molar-refractivity contribution is -0.118. The van der Waals surface area contributed by atoms with Gasteiger partial charge >= 0.3 is 0 Å². The molecule has 0 bridgehead atoms. The van der Waals surface area contributed by atoms with Crippen molar-refractivity contribution in [2.24, 2.45) is 5.73 Å². The van der Waals surface area contributed by atoms with Gasteiger partial charge in [0.1, 0.15) is 11.5 Å². The first kappa shape index (κ1) is 18.9. The van der Waals surface area contributed by atoms with Crippen LogP contribution in [0.25, 0.3) is 0 Å². The number of benzene rings is 2. The number of methoxy groups -OCH3 is 1. The van der Waals surface area contributed by atoms with Crippen molar-refractivity contribution in [1.29, 1.82) is 0 Å². The molecule has 0 saturated carbocycles. The van der Waals surface area contributed by atoms with Crippen LogP contribution in [0.3, 0.4) is 0 Å². The number of fused-ring (bicyclic) bond motifs is 1. The van der Waals surface area contributed by atoms with Gasteiger partial charge in [0.2, 0.25) is 5.91 Å². The summed E-state index contributed by atoms with van der Waals surface area (Å²) in [5.41, 5.74) is 9.47. The molecule has 1 atom stereocenters. The molecule has 0 unspecified atom stereocenters. The van der Waals surface area contributed by atoms with E-state index in [9.17, 15) is 9.59 Å². The van der Waals surface area contributed by atoms with Crippen LogP contribution in [0.4, 0.5) is 0 Å². The minimum absolute atomic E-state index is 0.00628. The predicted octanol–water partition coefficient (Wildman–Crippen LogP) is 2.24. The van der Waals surface area contributed by atoms with E-state index in [0.717, 1.165) is 29.0 Å². The number of rotatable bonds is 7. The molecule has 1 aromatic heterocycles. The van der Waals surface area contributed by atoms with Crippen molar-refractivity contribution in [2.75, 3.05) is 13.7 Å². The molecule has 1 amide bonds. The average molecular weight is 393 g/mol. The van der Waals surface area contributed by atoms with Crippen LogP contribution < -0.4 is 20.8 Å². The van der Waals surface area contributed by atoms with Gasteiger partial charge in [0.05, 0.1) is 13.7 Å². The fraction of sp³-hybridized carbons (Fsp3) is 0.273. The number of aromatic amines is 2. The number of hydrogen-bond acceptors (Lipinski definition) is 4. The van der Waals surface area contributed by atoms with Crippen molar-refractivity contribution in [3.8, 4) is 11.5 Å². The second-order valence-electron chi connectivity index (χ2n) is 7.15. The van der Waals surface area contributed by atoms with E-state index >= 15 is 0 Å². The Hall–Kier alpha value is -3.48. The maximum atomic E-state index is 12.7. The maximum absolute atomic E-state index is 12.7. The highest BCUT2D eigenvalue weighted by Gasteiger charge is 2.27. The maximum Gasteiger partial charge on any atom is 0.267 e. The molecule has 0 radical (unpaired) electrons. The number of carbonyl (C=O) groups is 1. The number of amides is 1. The lowest BCUT2D eigenvalue weighted by atomic mass is 9.86. The van der Waals surface area contributed by atoms with Crippen LogP contribution in [0.2, 0.25) is 0 Å². The summed E-state index contributed by atoms with van der Waals surface area (Å²) in [5, 5.41) is 5.66. The molecule has 1 aliphatic rings. The molecule has 150 valence electrons. The standard InChI is InChI=1S/C22H23N3O4/c1-28-19-5-3-2-4-15(19)16(12-20(23)26)21-17(24-25-22(21)27)11-13-6-7-18-14(10-13)8-9-29-18/h2-7,10,16H,8-9,11-12H2,1H3,(H2,23,26)(H2,24,25,27)/t16-/m0/s1. The summed E-state index contributed by atoms with van der Waals surface area (Å²) < 4.78 is 11.0. The number of H-pyrrole nitrogens is 2. The van der Waals surface area contributed by atoms with E-state index < -0.39 is 11.8 Å². The summed E-state index contributed by atoms with van der Waals surface area (Å²) in [6.45, 7) is 0.694. The number of ether oxygens (including phenoxy) is 2. The highest BCUT2D eigenvalue weighted by molar-refractivity contribution is 5.76. The van der Waals surface area contributed by atoms with Crippen LogP contribution in [0.5, 0.6) is 11.5 Å². The van der Waals surface area contributed by atoms with Gasteiger partial charge in [-0.1, -0.05) is 30.3 Å². The smallest absolute Gasteiger partial charge is 0.267 e.